The van der Waals surface area contributed by atoms with Crippen molar-refractivity contribution in [2.75, 3.05) is 38.8 Å². The molecule has 0 spiro atoms. The fourth-order valence-electron chi connectivity index (χ4n) is 1.98. The highest BCUT2D eigenvalue weighted by Gasteiger charge is 2.15. The Hall–Kier alpha value is -1.24. The summed E-state index contributed by atoms with van der Waals surface area (Å²) < 4.78 is 33.0. The number of methoxy groups -OCH3 is 1. The molecule has 0 amide bonds. The van der Waals surface area contributed by atoms with Crippen LogP contribution in [0.1, 0.15) is 18.9 Å². The number of aliphatic hydroxyl groups excluding tert-OH is 1. The van der Waals surface area contributed by atoms with E-state index in [2.05, 4.69) is 5.32 Å². The first-order valence-electron chi connectivity index (χ1n) is 7.02. The van der Waals surface area contributed by atoms with Gasteiger partial charge in [0.25, 0.3) is 0 Å². The zero-order valence-corrected chi connectivity index (χ0v) is 12.8. The summed E-state index contributed by atoms with van der Waals surface area (Å²) in [4.78, 5) is 1.49. The zero-order chi connectivity index (χ0) is 15.8. The third-order valence-corrected chi connectivity index (χ3v) is 3.15. The smallest absolute Gasteiger partial charge is 0.149 e. The summed E-state index contributed by atoms with van der Waals surface area (Å²) in [6.07, 6.45) is -0.0433. The van der Waals surface area contributed by atoms with Crippen LogP contribution in [0, 0.1) is 11.6 Å². The molecule has 0 aliphatic rings. The third-order valence-electron chi connectivity index (χ3n) is 3.15. The molecule has 6 heteroatoms. The third kappa shape index (κ3) is 5.95. The van der Waals surface area contributed by atoms with Crippen molar-refractivity contribution in [2.45, 2.75) is 26.0 Å². The normalized spacial score (nSPS) is 12.5. The van der Waals surface area contributed by atoms with Gasteiger partial charge in [0, 0.05) is 33.8 Å². The van der Waals surface area contributed by atoms with E-state index in [0.29, 0.717) is 38.2 Å². The fourth-order valence-corrected chi connectivity index (χ4v) is 1.98. The Labute approximate surface area is 124 Å². The van der Waals surface area contributed by atoms with Gasteiger partial charge in [0.1, 0.15) is 17.3 Å². The number of ether oxygens (including phenoxy) is 1. The van der Waals surface area contributed by atoms with Crippen LogP contribution in [0.15, 0.2) is 12.1 Å². The van der Waals surface area contributed by atoms with Gasteiger partial charge in [-0.25, -0.2) is 8.78 Å². The molecule has 1 unspecified atom stereocenters. The number of hydrogen-bond donors (Lipinski definition) is 2. The van der Waals surface area contributed by atoms with Gasteiger partial charge in [-0.2, -0.15) is 0 Å². The van der Waals surface area contributed by atoms with E-state index in [0.717, 1.165) is 0 Å². The van der Waals surface area contributed by atoms with Crippen molar-refractivity contribution in [1.82, 2.24) is 5.32 Å². The summed E-state index contributed by atoms with van der Waals surface area (Å²) in [5, 5.41) is 12.3. The molecule has 120 valence electrons. The SMILES string of the molecule is COCCNCc1cc(F)c(N(C)CCC(C)O)c(F)c1. The Balaban J connectivity index is 2.70. The van der Waals surface area contributed by atoms with Crippen LogP contribution in [0.2, 0.25) is 0 Å². The highest BCUT2D eigenvalue weighted by Crippen LogP contribution is 2.24. The van der Waals surface area contributed by atoms with E-state index in [9.17, 15) is 13.9 Å². The number of halogens is 2. The number of rotatable bonds is 9. The lowest BCUT2D eigenvalue weighted by atomic mass is 10.1. The molecule has 1 aromatic rings. The van der Waals surface area contributed by atoms with E-state index < -0.39 is 17.7 Å². The van der Waals surface area contributed by atoms with Crippen LogP contribution in [-0.4, -0.2) is 45.1 Å². The lowest BCUT2D eigenvalue weighted by Crippen LogP contribution is -2.24. The van der Waals surface area contributed by atoms with E-state index in [1.54, 1.807) is 21.1 Å². The van der Waals surface area contributed by atoms with Crippen LogP contribution in [0.25, 0.3) is 0 Å². The molecule has 0 radical (unpaired) electrons. The number of benzene rings is 1. The van der Waals surface area contributed by atoms with Crippen molar-refractivity contribution >= 4 is 5.69 Å². The first-order chi connectivity index (χ1) is 9.95. The van der Waals surface area contributed by atoms with Crippen molar-refractivity contribution in [3.63, 3.8) is 0 Å². The summed E-state index contributed by atoms with van der Waals surface area (Å²) in [5.74, 6) is -1.18. The predicted molar refractivity (Wildman–Crippen MR) is 79.5 cm³/mol. The van der Waals surface area contributed by atoms with E-state index in [-0.39, 0.29) is 5.69 Å². The second-order valence-electron chi connectivity index (χ2n) is 5.14. The van der Waals surface area contributed by atoms with E-state index in [4.69, 9.17) is 4.74 Å². The molecule has 1 atom stereocenters. The lowest BCUT2D eigenvalue weighted by Gasteiger charge is -2.22. The standard InChI is InChI=1S/C15H24F2N2O2/c1-11(20)4-6-19(2)15-13(16)8-12(9-14(15)17)10-18-5-7-21-3/h8-9,11,18,20H,4-7,10H2,1-3H3. The molecule has 0 saturated carbocycles. The number of aliphatic hydroxyl groups is 1. The molecule has 0 bridgehead atoms. The van der Waals surface area contributed by atoms with Crippen molar-refractivity contribution < 1.29 is 18.6 Å². The monoisotopic (exact) mass is 302 g/mol. The zero-order valence-electron chi connectivity index (χ0n) is 12.8. The number of hydrogen-bond acceptors (Lipinski definition) is 4. The first-order valence-corrected chi connectivity index (χ1v) is 7.02. The van der Waals surface area contributed by atoms with Crippen LogP contribution < -0.4 is 10.2 Å². The minimum absolute atomic E-state index is 0.0590. The van der Waals surface area contributed by atoms with Gasteiger partial charge in [0.2, 0.25) is 0 Å². The minimum atomic E-state index is -0.591. The van der Waals surface area contributed by atoms with Crippen molar-refractivity contribution in [3.8, 4) is 0 Å². The Bertz CT molecular complexity index is 419. The maximum Gasteiger partial charge on any atom is 0.149 e. The second kappa shape index (κ2) is 8.92. The molecule has 0 saturated heterocycles. The van der Waals surface area contributed by atoms with Gasteiger partial charge >= 0.3 is 0 Å². The van der Waals surface area contributed by atoms with Gasteiger partial charge in [-0.15, -0.1) is 0 Å². The van der Waals surface area contributed by atoms with Crippen LogP contribution in [0.5, 0.6) is 0 Å². The van der Waals surface area contributed by atoms with Gasteiger partial charge in [0.15, 0.2) is 0 Å². The molecule has 2 N–H and O–H groups in total. The van der Waals surface area contributed by atoms with Crippen LogP contribution >= 0.6 is 0 Å². The van der Waals surface area contributed by atoms with E-state index in [1.165, 1.54) is 17.0 Å². The Morgan fingerprint density at radius 1 is 1.33 bits per heavy atom. The largest absolute Gasteiger partial charge is 0.393 e. The highest BCUT2D eigenvalue weighted by atomic mass is 19.1. The molecule has 21 heavy (non-hydrogen) atoms. The predicted octanol–water partition coefficient (Wildman–Crippen LogP) is 1.91. The molecular weight excluding hydrogens is 278 g/mol. The average Bonchev–Trinajstić information content (AvgIpc) is 2.40. The maximum absolute atomic E-state index is 14.1. The summed E-state index contributed by atoms with van der Waals surface area (Å²) in [7, 11) is 3.21. The van der Waals surface area contributed by atoms with Gasteiger partial charge in [-0.1, -0.05) is 0 Å². The van der Waals surface area contributed by atoms with Crippen LogP contribution in [0.4, 0.5) is 14.5 Å². The summed E-state index contributed by atoms with van der Waals surface area (Å²) in [6, 6.07) is 2.66. The molecule has 1 aromatic carbocycles. The quantitative estimate of drug-likeness (QED) is 0.684. The molecule has 0 aromatic heterocycles. The van der Waals surface area contributed by atoms with Crippen molar-refractivity contribution in [3.05, 3.63) is 29.3 Å². The second-order valence-corrected chi connectivity index (χ2v) is 5.14. The molecule has 1 rings (SSSR count). The van der Waals surface area contributed by atoms with E-state index >= 15 is 0 Å². The van der Waals surface area contributed by atoms with Gasteiger partial charge in [-0.3, -0.25) is 0 Å². The van der Waals surface area contributed by atoms with Crippen LogP contribution in [0.3, 0.4) is 0 Å². The van der Waals surface area contributed by atoms with Gasteiger partial charge in [-0.05, 0) is 31.0 Å². The number of nitrogens with one attached hydrogen (secondary N) is 1. The van der Waals surface area contributed by atoms with Gasteiger partial charge in [0.05, 0.1) is 12.7 Å². The maximum atomic E-state index is 14.1. The Morgan fingerprint density at radius 2 is 1.95 bits per heavy atom. The van der Waals surface area contributed by atoms with Crippen molar-refractivity contribution in [2.24, 2.45) is 0 Å². The molecule has 0 aliphatic heterocycles. The number of nitrogens with zero attached hydrogens (tertiary/aromatic N) is 1. The van der Waals surface area contributed by atoms with Crippen LogP contribution in [-0.2, 0) is 11.3 Å². The topological polar surface area (TPSA) is 44.7 Å². The minimum Gasteiger partial charge on any atom is -0.393 e. The number of anilines is 1. The Kier molecular flexibility index (Phi) is 7.56. The highest BCUT2D eigenvalue weighted by molar-refractivity contribution is 5.50. The fraction of sp³-hybridized carbons (Fsp3) is 0.600. The van der Waals surface area contributed by atoms with Gasteiger partial charge < -0.3 is 20.1 Å². The van der Waals surface area contributed by atoms with E-state index in [1.807, 2.05) is 0 Å². The van der Waals surface area contributed by atoms with Crippen molar-refractivity contribution in [1.29, 1.82) is 0 Å². The molecule has 4 nitrogen and oxygen atoms in total. The molecule has 0 aliphatic carbocycles. The summed E-state index contributed by atoms with van der Waals surface area (Å²) >= 11 is 0. The molecule has 0 heterocycles. The Morgan fingerprint density at radius 3 is 2.48 bits per heavy atom. The molecule has 0 fully saturated rings. The summed E-state index contributed by atoms with van der Waals surface area (Å²) in [6.45, 7) is 3.59. The average molecular weight is 302 g/mol. The summed E-state index contributed by atoms with van der Waals surface area (Å²) in [5.41, 5.74) is 0.491. The first kappa shape index (κ1) is 17.8. The lowest BCUT2D eigenvalue weighted by molar-refractivity contribution is 0.186. The molecular formula is C15H24F2N2O2.